The van der Waals surface area contributed by atoms with Crippen molar-refractivity contribution in [2.24, 2.45) is 22.2 Å². The van der Waals surface area contributed by atoms with Gasteiger partial charge in [0.15, 0.2) is 0 Å². The number of oxazole rings is 1. The maximum Gasteiger partial charge on any atom is 0.208 e. The largest absolute Gasteiger partial charge is 0.444 e. The lowest BCUT2D eigenvalue weighted by atomic mass is 9.40. The highest BCUT2D eigenvalue weighted by Crippen LogP contribution is 2.70. The second-order valence-corrected chi connectivity index (χ2v) is 9.06. The summed E-state index contributed by atoms with van der Waals surface area (Å²) in [5.41, 5.74) is 1.66. The minimum Gasteiger partial charge on any atom is -0.444 e. The molecule has 3 heteroatoms. The fraction of sp³-hybridized carbons (Fsp3) is 0.833. The van der Waals surface area contributed by atoms with Crippen molar-refractivity contribution in [2.75, 3.05) is 7.05 Å². The van der Waals surface area contributed by atoms with Gasteiger partial charge >= 0.3 is 0 Å². The number of rotatable bonds is 4. The first-order valence-corrected chi connectivity index (χ1v) is 8.50. The quantitative estimate of drug-likeness (QED) is 0.912. The van der Waals surface area contributed by atoms with Gasteiger partial charge < -0.3 is 9.73 Å². The predicted octanol–water partition coefficient (Wildman–Crippen LogP) is 3.93. The summed E-state index contributed by atoms with van der Waals surface area (Å²) in [6.45, 7) is 5.81. The van der Waals surface area contributed by atoms with Gasteiger partial charge in [0.2, 0.25) is 5.89 Å². The van der Waals surface area contributed by atoms with E-state index in [0.717, 1.165) is 30.5 Å². The van der Waals surface area contributed by atoms with Gasteiger partial charge in [0, 0.05) is 6.42 Å². The predicted molar refractivity (Wildman–Crippen MR) is 82.8 cm³/mol. The Labute approximate surface area is 127 Å². The minimum absolute atomic E-state index is 0.485. The van der Waals surface area contributed by atoms with E-state index in [-0.39, 0.29) is 0 Å². The fourth-order valence-electron chi connectivity index (χ4n) is 6.91. The molecule has 4 saturated carbocycles. The third kappa shape index (κ3) is 2.34. The van der Waals surface area contributed by atoms with Crippen LogP contribution in [-0.2, 0) is 13.0 Å². The van der Waals surface area contributed by atoms with Gasteiger partial charge in [-0.2, -0.15) is 0 Å². The summed E-state index contributed by atoms with van der Waals surface area (Å²) in [5, 5.41) is 3.11. The molecule has 116 valence electrons. The maximum absolute atomic E-state index is 5.96. The average molecular weight is 288 g/mol. The number of aromatic nitrogens is 1. The standard InChI is InChI=1S/C18H28N2O/c1-16-4-13-5-17(2,10-16)12-18(6-13,11-16)7-14-8-20-15(21-14)9-19-3/h8,13,19H,4-7,9-12H2,1-3H3. The molecule has 1 heterocycles. The Morgan fingerprint density at radius 1 is 1.19 bits per heavy atom. The molecule has 0 amide bonds. The van der Waals surface area contributed by atoms with Crippen molar-refractivity contribution in [3.63, 3.8) is 0 Å². The lowest BCUT2D eigenvalue weighted by molar-refractivity contribution is -0.145. The Bertz CT molecular complexity index is 531. The molecule has 0 saturated heterocycles. The van der Waals surface area contributed by atoms with Crippen LogP contribution in [0.2, 0.25) is 0 Å². The van der Waals surface area contributed by atoms with Crippen molar-refractivity contribution in [1.82, 2.24) is 10.3 Å². The summed E-state index contributed by atoms with van der Waals surface area (Å²) < 4.78 is 5.96. The van der Waals surface area contributed by atoms with E-state index in [1.165, 1.54) is 38.5 Å². The van der Waals surface area contributed by atoms with Crippen LogP contribution in [0.25, 0.3) is 0 Å². The van der Waals surface area contributed by atoms with E-state index in [2.05, 4.69) is 24.1 Å². The number of hydrogen-bond acceptors (Lipinski definition) is 3. The normalized spacial score (nSPS) is 44.4. The first-order chi connectivity index (χ1) is 9.92. The SMILES string of the molecule is CNCc1ncc(CC23CC4CC(C)(CC(C)(C4)C2)C3)o1. The number of hydrogen-bond donors (Lipinski definition) is 1. The molecule has 4 aliphatic rings. The van der Waals surface area contributed by atoms with E-state index < -0.39 is 0 Å². The lowest BCUT2D eigenvalue weighted by Crippen LogP contribution is -2.55. The van der Waals surface area contributed by atoms with Crippen molar-refractivity contribution < 1.29 is 4.42 Å². The van der Waals surface area contributed by atoms with E-state index >= 15 is 0 Å². The molecule has 0 radical (unpaired) electrons. The van der Waals surface area contributed by atoms with Crippen LogP contribution < -0.4 is 5.32 Å². The fourth-order valence-corrected chi connectivity index (χ4v) is 6.91. The molecule has 0 spiro atoms. The molecule has 5 rings (SSSR count). The van der Waals surface area contributed by atoms with Crippen molar-refractivity contribution >= 4 is 0 Å². The molecule has 21 heavy (non-hydrogen) atoms. The van der Waals surface area contributed by atoms with Crippen LogP contribution in [-0.4, -0.2) is 12.0 Å². The van der Waals surface area contributed by atoms with Gasteiger partial charge in [0.25, 0.3) is 0 Å². The molecule has 4 bridgehead atoms. The Balaban J connectivity index is 1.59. The van der Waals surface area contributed by atoms with Gasteiger partial charge in [0.05, 0.1) is 12.7 Å². The maximum atomic E-state index is 5.96. The molecule has 4 fully saturated rings. The lowest BCUT2D eigenvalue weighted by Gasteiger charge is -2.65. The highest BCUT2D eigenvalue weighted by atomic mass is 16.4. The topological polar surface area (TPSA) is 38.1 Å². The molecular formula is C18H28N2O. The summed E-state index contributed by atoms with van der Waals surface area (Å²) in [6, 6.07) is 0. The smallest absolute Gasteiger partial charge is 0.208 e. The van der Waals surface area contributed by atoms with Crippen LogP contribution in [0, 0.1) is 22.2 Å². The van der Waals surface area contributed by atoms with E-state index in [9.17, 15) is 0 Å². The van der Waals surface area contributed by atoms with Crippen LogP contribution in [0.1, 0.15) is 64.0 Å². The van der Waals surface area contributed by atoms with Crippen LogP contribution >= 0.6 is 0 Å². The second-order valence-electron chi connectivity index (χ2n) is 9.06. The van der Waals surface area contributed by atoms with Gasteiger partial charge in [-0.25, -0.2) is 4.98 Å². The molecule has 0 aliphatic heterocycles. The molecule has 2 atom stereocenters. The molecule has 0 aromatic carbocycles. The van der Waals surface area contributed by atoms with Crippen LogP contribution in [0.15, 0.2) is 10.6 Å². The zero-order chi connectivity index (χ0) is 14.7. The number of nitrogens with one attached hydrogen (secondary N) is 1. The van der Waals surface area contributed by atoms with Gasteiger partial charge in [-0.05, 0) is 67.7 Å². The molecule has 1 aromatic heterocycles. The molecular weight excluding hydrogens is 260 g/mol. The van der Waals surface area contributed by atoms with Crippen LogP contribution in [0.4, 0.5) is 0 Å². The van der Waals surface area contributed by atoms with E-state index in [1.807, 2.05) is 13.2 Å². The molecule has 2 unspecified atom stereocenters. The van der Waals surface area contributed by atoms with Crippen molar-refractivity contribution in [3.8, 4) is 0 Å². The number of nitrogens with zero attached hydrogens (tertiary/aromatic N) is 1. The van der Waals surface area contributed by atoms with Crippen molar-refractivity contribution in [3.05, 3.63) is 17.8 Å². The average Bonchev–Trinajstić information content (AvgIpc) is 2.71. The summed E-state index contributed by atoms with van der Waals surface area (Å²) in [4.78, 5) is 4.41. The van der Waals surface area contributed by atoms with Crippen LogP contribution in [0.3, 0.4) is 0 Å². The zero-order valence-corrected chi connectivity index (χ0v) is 13.7. The first-order valence-electron chi connectivity index (χ1n) is 8.50. The minimum atomic E-state index is 0.485. The van der Waals surface area contributed by atoms with E-state index in [0.29, 0.717) is 16.2 Å². The summed E-state index contributed by atoms with van der Waals surface area (Å²) in [7, 11) is 1.94. The first kappa shape index (κ1) is 13.8. The third-order valence-electron chi connectivity index (χ3n) is 6.22. The van der Waals surface area contributed by atoms with Gasteiger partial charge in [-0.1, -0.05) is 13.8 Å². The molecule has 4 aliphatic carbocycles. The Kier molecular flexibility index (Phi) is 2.86. The second kappa shape index (κ2) is 4.34. The van der Waals surface area contributed by atoms with Gasteiger partial charge in [0.1, 0.15) is 5.76 Å². The van der Waals surface area contributed by atoms with E-state index in [4.69, 9.17) is 4.42 Å². The van der Waals surface area contributed by atoms with Crippen molar-refractivity contribution in [1.29, 1.82) is 0 Å². The van der Waals surface area contributed by atoms with Gasteiger partial charge in [-0.3, -0.25) is 0 Å². The summed E-state index contributed by atoms with van der Waals surface area (Å²) in [5.74, 6) is 2.89. The van der Waals surface area contributed by atoms with Crippen molar-refractivity contribution in [2.45, 2.75) is 65.3 Å². The summed E-state index contributed by atoms with van der Waals surface area (Å²) >= 11 is 0. The highest BCUT2D eigenvalue weighted by Gasteiger charge is 2.60. The Morgan fingerprint density at radius 2 is 1.90 bits per heavy atom. The molecule has 1 N–H and O–H groups in total. The Morgan fingerprint density at radius 3 is 2.52 bits per heavy atom. The third-order valence-corrected chi connectivity index (χ3v) is 6.22. The van der Waals surface area contributed by atoms with E-state index in [1.54, 1.807) is 0 Å². The summed E-state index contributed by atoms with van der Waals surface area (Å²) in [6.07, 6.45) is 11.7. The zero-order valence-electron chi connectivity index (χ0n) is 13.7. The van der Waals surface area contributed by atoms with Crippen LogP contribution in [0.5, 0.6) is 0 Å². The molecule has 3 nitrogen and oxygen atoms in total. The highest BCUT2D eigenvalue weighted by molar-refractivity contribution is 5.13. The monoisotopic (exact) mass is 288 g/mol. The van der Waals surface area contributed by atoms with Gasteiger partial charge in [-0.15, -0.1) is 0 Å². The Hall–Kier alpha value is -0.830. The molecule has 1 aromatic rings.